The molecule has 1 unspecified atom stereocenters. The number of nitrogens with zero attached hydrogens (tertiary/aromatic N) is 2. The summed E-state index contributed by atoms with van der Waals surface area (Å²) in [7, 11) is 0. The first-order chi connectivity index (χ1) is 9.62. The molecule has 0 aliphatic carbocycles. The maximum atomic E-state index is 11.9. The molecule has 1 aromatic rings. The molecule has 1 aromatic carbocycles. The van der Waals surface area contributed by atoms with E-state index >= 15 is 0 Å². The van der Waals surface area contributed by atoms with Gasteiger partial charge in [0.2, 0.25) is 5.91 Å². The molecular weight excluding hydrogens is 250 g/mol. The van der Waals surface area contributed by atoms with Crippen molar-refractivity contribution >= 4 is 5.91 Å². The van der Waals surface area contributed by atoms with E-state index in [0.29, 0.717) is 18.8 Å². The number of benzene rings is 1. The van der Waals surface area contributed by atoms with Crippen LogP contribution >= 0.6 is 0 Å². The van der Waals surface area contributed by atoms with E-state index in [4.69, 9.17) is 0 Å². The van der Waals surface area contributed by atoms with Gasteiger partial charge in [0.1, 0.15) is 6.04 Å². The van der Waals surface area contributed by atoms with Gasteiger partial charge in [0.05, 0.1) is 6.07 Å². The van der Waals surface area contributed by atoms with E-state index in [1.165, 1.54) is 0 Å². The summed E-state index contributed by atoms with van der Waals surface area (Å²) in [6.07, 6.45) is 1.54. The Morgan fingerprint density at radius 3 is 2.45 bits per heavy atom. The van der Waals surface area contributed by atoms with E-state index < -0.39 is 6.04 Å². The first kappa shape index (κ1) is 15.8. The normalized spacial score (nSPS) is 12.4. The Morgan fingerprint density at radius 2 is 1.95 bits per heavy atom. The van der Waals surface area contributed by atoms with Crippen molar-refractivity contribution in [1.82, 2.24) is 10.2 Å². The fourth-order valence-electron chi connectivity index (χ4n) is 1.92. The van der Waals surface area contributed by atoms with Crippen LogP contribution in [0.25, 0.3) is 0 Å². The second kappa shape index (κ2) is 8.00. The van der Waals surface area contributed by atoms with Crippen LogP contribution in [0.15, 0.2) is 42.1 Å². The number of allylic oxidation sites excluding steroid dienone is 1. The Morgan fingerprint density at radius 1 is 1.35 bits per heavy atom. The average Bonchev–Trinajstić information content (AvgIpc) is 2.47. The van der Waals surface area contributed by atoms with Crippen LogP contribution in [0.5, 0.6) is 0 Å². The number of hydrogen-bond acceptors (Lipinski definition) is 3. The highest BCUT2D eigenvalue weighted by molar-refractivity contribution is 5.88. The molecule has 4 nitrogen and oxygen atoms in total. The maximum Gasteiger partial charge on any atom is 0.248 e. The summed E-state index contributed by atoms with van der Waals surface area (Å²) in [5.41, 5.74) is 1.58. The molecule has 0 radical (unpaired) electrons. The van der Waals surface area contributed by atoms with E-state index in [9.17, 15) is 10.1 Å². The van der Waals surface area contributed by atoms with Crippen LogP contribution in [0.1, 0.15) is 32.4 Å². The summed E-state index contributed by atoms with van der Waals surface area (Å²) in [6, 6.07) is 11.2. The Labute approximate surface area is 120 Å². The SMILES string of the molecule is CCN(CC)C(=O)/C=C(/C)NC(C#N)c1ccccc1. The molecule has 0 aliphatic rings. The quantitative estimate of drug-likeness (QED) is 0.809. The molecule has 0 spiro atoms. The number of nitrogens with one attached hydrogen (secondary N) is 1. The number of amides is 1. The van der Waals surface area contributed by atoms with Gasteiger partial charge < -0.3 is 10.2 Å². The first-order valence-corrected chi connectivity index (χ1v) is 6.80. The molecule has 1 atom stereocenters. The van der Waals surface area contributed by atoms with E-state index in [1.54, 1.807) is 17.9 Å². The molecular formula is C16H21N3O. The summed E-state index contributed by atoms with van der Waals surface area (Å²) in [5, 5.41) is 12.3. The Balaban J connectivity index is 2.76. The number of rotatable bonds is 6. The van der Waals surface area contributed by atoms with Crippen LogP contribution < -0.4 is 5.32 Å². The Bertz CT molecular complexity index is 498. The minimum Gasteiger partial charge on any atom is -0.370 e. The van der Waals surface area contributed by atoms with Crippen LogP contribution in [0.3, 0.4) is 0 Å². The van der Waals surface area contributed by atoms with Gasteiger partial charge >= 0.3 is 0 Å². The van der Waals surface area contributed by atoms with Crippen LogP contribution in [-0.4, -0.2) is 23.9 Å². The fraction of sp³-hybridized carbons (Fsp3) is 0.375. The summed E-state index contributed by atoms with van der Waals surface area (Å²) in [5.74, 6) is -0.0373. The number of likely N-dealkylation sites (N-methyl/N-ethyl adjacent to an activating group) is 1. The molecule has 1 rings (SSSR count). The van der Waals surface area contributed by atoms with Crippen LogP contribution in [0.2, 0.25) is 0 Å². The van der Waals surface area contributed by atoms with Crippen molar-refractivity contribution in [2.24, 2.45) is 0 Å². The van der Waals surface area contributed by atoms with Crippen LogP contribution in [0, 0.1) is 11.3 Å². The lowest BCUT2D eigenvalue weighted by Gasteiger charge is -2.18. The summed E-state index contributed by atoms with van der Waals surface area (Å²) >= 11 is 0. The topological polar surface area (TPSA) is 56.1 Å². The molecule has 1 N–H and O–H groups in total. The lowest BCUT2D eigenvalue weighted by Crippen LogP contribution is -2.30. The molecule has 0 fully saturated rings. The van der Waals surface area contributed by atoms with Crippen molar-refractivity contribution in [3.8, 4) is 6.07 Å². The molecule has 106 valence electrons. The third-order valence-electron chi connectivity index (χ3n) is 3.05. The maximum absolute atomic E-state index is 11.9. The third kappa shape index (κ3) is 4.43. The first-order valence-electron chi connectivity index (χ1n) is 6.80. The van der Waals surface area contributed by atoms with E-state index in [-0.39, 0.29) is 5.91 Å². The van der Waals surface area contributed by atoms with Gasteiger partial charge in [-0.15, -0.1) is 0 Å². The van der Waals surface area contributed by atoms with Gasteiger partial charge in [0.15, 0.2) is 0 Å². The fourth-order valence-corrected chi connectivity index (χ4v) is 1.92. The number of carbonyl (C=O) groups excluding carboxylic acids is 1. The predicted molar refractivity (Wildman–Crippen MR) is 79.6 cm³/mol. The number of carbonyl (C=O) groups is 1. The molecule has 0 saturated carbocycles. The molecule has 0 bridgehead atoms. The van der Waals surface area contributed by atoms with Crippen LogP contribution in [-0.2, 0) is 4.79 Å². The van der Waals surface area contributed by atoms with Crippen molar-refractivity contribution < 1.29 is 4.79 Å². The number of nitriles is 1. The lowest BCUT2D eigenvalue weighted by molar-refractivity contribution is -0.125. The summed E-state index contributed by atoms with van der Waals surface area (Å²) in [6.45, 7) is 7.05. The Hall–Kier alpha value is -2.28. The van der Waals surface area contributed by atoms with Gasteiger partial charge in [-0.2, -0.15) is 5.26 Å². The van der Waals surface area contributed by atoms with E-state index in [2.05, 4.69) is 11.4 Å². The van der Waals surface area contributed by atoms with Gasteiger partial charge in [-0.3, -0.25) is 4.79 Å². The van der Waals surface area contributed by atoms with E-state index in [1.807, 2.05) is 44.2 Å². The zero-order chi connectivity index (χ0) is 15.0. The predicted octanol–water partition coefficient (Wildman–Crippen LogP) is 2.61. The highest BCUT2D eigenvalue weighted by Gasteiger charge is 2.11. The molecule has 4 heteroatoms. The second-order valence-electron chi connectivity index (χ2n) is 4.46. The van der Waals surface area contributed by atoms with Crippen molar-refractivity contribution in [2.45, 2.75) is 26.8 Å². The Kier molecular flexibility index (Phi) is 6.31. The van der Waals surface area contributed by atoms with Crippen molar-refractivity contribution in [3.05, 3.63) is 47.7 Å². The van der Waals surface area contributed by atoms with Gasteiger partial charge in [-0.05, 0) is 26.3 Å². The molecule has 20 heavy (non-hydrogen) atoms. The molecule has 0 heterocycles. The van der Waals surface area contributed by atoms with Gasteiger partial charge in [-0.1, -0.05) is 30.3 Å². The standard InChI is InChI=1S/C16H21N3O/c1-4-19(5-2)16(20)11-13(3)18-15(12-17)14-9-7-6-8-10-14/h6-11,15,18H,4-5H2,1-3H3/b13-11-. The monoisotopic (exact) mass is 271 g/mol. The minimum atomic E-state index is -0.447. The molecule has 0 aromatic heterocycles. The van der Waals surface area contributed by atoms with E-state index in [0.717, 1.165) is 5.56 Å². The molecule has 0 saturated heterocycles. The van der Waals surface area contributed by atoms with Crippen LogP contribution in [0.4, 0.5) is 0 Å². The van der Waals surface area contributed by atoms with Gasteiger partial charge in [0, 0.05) is 24.9 Å². The highest BCUT2D eigenvalue weighted by atomic mass is 16.2. The zero-order valence-electron chi connectivity index (χ0n) is 12.3. The largest absolute Gasteiger partial charge is 0.370 e. The van der Waals surface area contributed by atoms with Crippen molar-refractivity contribution in [3.63, 3.8) is 0 Å². The summed E-state index contributed by atoms with van der Waals surface area (Å²) < 4.78 is 0. The number of hydrogen-bond donors (Lipinski definition) is 1. The smallest absolute Gasteiger partial charge is 0.248 e. The van der Waals surface area contributed by atoms with Crippen molar-refractivity contribution in [1.29, 1.82) is 5.26 Å². The van der Waals surface area contributed by atoms with Crippen molar-refractivity contribution in [2.75, 3.05) is 13.1 Å². The zero-order valence-corrected chi connectivity index (χ0v) is 12.3. The van der Waals surface area contributed by atoms with Gasteiger partial charge in [0.25, 0.3) is 0 Å². The second-order valence-corrected chi connectivity index (χ2v) is 4.46. The molecule has 0 aliphatic heterocycles. The van der Waals surface area contributed by atoms with Gasteiger partial charge in [-0.25, -0.2) is 0 Å². The third-order valence-corrected chi connectivity index (χ3v) is 3.05. The average molecular weight is 271 g/mol. The minimum absolute atomic E-state index is 0.0373. The molecule has 1 amide bonds. The lowest BCUT2D eigenvalue weighted by atomic mass is 10.1. The summed E-state index contributed by atoms with van der Waals surface area (Å²) in [4.78, 5) is 13.7. The highest BCUT2D eigenvalue weighted by Crippen LogP contribution is 2.12.